The Labute approximate surface area is 287 Å². The lowest BCUT2D eigenvalue weighted by Gasteiger charge is -2.26. The molecular formula is C46H29NOS. The molecule has 49 heavy (non-hydrogen) atoms. The third-order valence-electron chi connectivity index (χ3n) is 9.66. The Morgan fingerprint density at radius 3 is 1.76 bits per heavy atom. The molecule has 0 atom stereocenters. The number of thiophene rings is 1. The second-order valence-corrected chi connectivity index (χ2v) is 13.6. The molecule has 0 unspecified atom stereocenters. The lowest BCUT2D eigenvalue weighted by Crippen LogP contribution is -2.10. The van der Waals surface area contributed by atoms with Crippen molar-refractivity contribution in [2.24, 2.45) is 0 Å². The number of rotatable bonds is 5. The van der Waals surface area contributed by atoms with Gasteiger partial charge in [0.15, 0.2) is 5.58 Å². The second kappa shape index (κ2) is 11.2. The minimum absolute atomic E-state index is 0.872. The summed E-state index contributed by atoms with van der Waals surface area (Å²) in [6.45, 7) is 0. The molecule has 10 aromatic rings. The van der Waals surface area contributed by atoms with E-state index in [0.717, 1.165) is 44.4 Å². The molecule has 0 N–H and O–H groups in total. The van der Waals surface area contributed by atoms with Gasteiger partial charge in [-0.3, -0.25) is 0 Å². The molecule has 2 nitrogen and oxygen atoms in total. The predicted octanol–water partition coefficient (Wildman–Crippen LogP) is 13.9. The van der Waals surface area contributed by atoms with Gasteiger partial charge in [0.05, 0.1) is 5.69 Å². The Bertz CT molecular complexity index is 2810. The van der Waals surface area contributed by atoms with Crippen LogP contribution in [0.4, 0.5) is 17.1 Å². The van der Waals surface area contributed by atoms with Crippen LogP contribution in [-0.2, 0) is 0 Å². The topological polar surface area (TPSA) is 16.4 Å². The number of hydrogen-bond donors (Lipinski definition) is 0. The molecule has 0 aliphatic heterocycles. The summed E-state index contributed by atoms with van der Waals surface area (Å²) in [5.41, 5.74) is 9.75. The van der Waals surface area contributed by atoms with Gasteiger partial charge in [-0.1, -0.05) is 133 Å². The molecule has 0 saturated carbocycles. The number of fused-ring (bicyclic) bond motifs is 8. The van der Waals surface area contributed by atoms with E-state index >= 15 is 0 Å². The van der Waals surface area contributed by atoms with Crippen LogP contribution in [0.2, 0.25) is 0 Å². The van der Waals surface area contributed by atoms with Crippen molar-refractivity contribution in [3.8, 4) is 22.3 Å². The normalized spacial score (nSPS) is 11.7. The van der Waals surface area contributed by atoms with Crippen LogP contribution in [0, 0.1) is 0 Å². The van der Waals surface area contributed by atoms with Crippen LogP contribution in [0.15, 0.2) is 180 Å². The van der Waals surface area contributed by atoms with Gasteiger partial charge in [-0.25, -0.2) is 0 Å². The lowest BCUT2D eigenvalue weighted by molar-refractivity contribution is 0.673. The van der Waals surface area contributed by atoms with Gasteiger partial charge < -0.3 is 9.32 Å². The summed E-state index contributed by atoms with van der Waals surface area (Å²) in [5.74, 6) is 0. The molecule has 0 amide bonds. The first-order valence-corrected chi connectivity index (χ1v) is 17.4. The molecule has 0 fully saturated rings. The number of hydrogen-bond acceptors (Lipinski definition) is 3. The fraction of sp³-hybridized carbons (Fsp3) is 0. The minimum Gasteiger partial charge on any atom is -0.453 e. The Kier molecular flexibility index (Phi) is 6.39. The van der Waals surface area contributed by atoms with Gasteiger partial charge in [0, 0.05) is 47.7 Å². The van der Waals surface area contributed by atoms with Crippen LogP contribution in [0.3, 0.4) is 0 Å². The standard InChI is InChI=1S/C46H29NOS/c1-3-12-30(13-4-1)31-22-24-33(25-23-31)47(34-26-27-37-36-17-9-10-21-43(36)49-44(37)28-34)42-20-11-19-39-41-29-40(32-14-5-2-6-15-32)35-16-7-8-18-38(35)45(41)48-46(39)42/h1-29H. The van der Waals surface area contributed by atoms with Gasteiger partial charge in [-0.2, -0.15) is 0 Å². The van der Waals surface area contributed by atoms with Gasteiger partial charge in [0.25, 0.3) is 0 Å². The first-order chi connectivity index (χ1) is 24.3. The maximum atomic E-state index is 7.00. The van der Waals surface area contributed by atoms with Crippen molar-refractivity contribution in [3.05, 3.63) is 176 Å². The molecule has 0 bridgehead atoms. The zero-order valence-corrected chi connectivity index (χ0v) is 27.3. The van der Waals surface area contributed by atoms with Gasteiger partial charge in [0.2, 0.25) is 0 Å². The molecule has 0 radical (unpaired) electrons. The molecular weight excluding hydrogens is 615 g/mol. The van der Waals surface area contributed by atoms with Gasteiger partial charge in [-0.15, -0.1) is 11.3 Å². The highest BCUT2D eigenvalue weighted by Crippen LogP contribution is 2.46. The van der Waals surface area contributed by atoms with E-state index in [4.69, 9.17) is 4.42 Å². The average molecular weight is 644 g/mol. The van der Waals surface area contributed by atoms with E-state index in [1.807, 2.05) is 11.3 Å². The van der Waals surface area contributed by atoms with Crippen molar-refractivity contribution in [3.63, 3.8) is 0 Å². The zero-order chi connectivity index (χ0) is 32.3. The third kappa shape index (κ3) is 4.55. The van der Waals surface area contributed by atoms with Crippen LogP contribution in [0.5, 0.6) is 0 Å². The largest absolute Gasteiger partial charge is 0.453 e. The molecule has 2 heterocycles. The molecule has 8 aromatic carbocycles. The maximum Gasteiger partial charge on any atom is 0.159 e. The van der Waals surface area contributed by atoms with Crippen molar-refractivity contribution in [2.45, 2.75) is 0 Å². The molecule has 230 valence electrons. The number of para-hydroxylation sites is 1. The summed E-state index contributed by atoms with van der Waals surface area (Å²) in [7, 11) is 0. The Hall–Kier alpha value is -6.16. The quantitative estimate of drug-likeness (QED) is 0.186. The summed E-state index contributed by atoms with van der Waals surface area (Å²) >= 11 is 1.84. The van der Waals surface area contributed by atoms with Crippen LogP contribution in [0.25, 0.3) is 75.1 Å². The first kappa shape index (κ1) is 27.9. The van der Waals surface area contributed by atoms with E-state index in [0.29, 0.717) is 0 Å². The summed E-state index contributed by atoms with van der Waals surface area (Å²) in [5, 5.41) is 7.11. The second-order valence-electron chi connectivity index (χ2n) is 12.5. The number of furan rings is 1. The van der Waals surface area contributed by atoms with E-state index in [1.165, 1.54) is 47.8 Å². The fourth-order valence-electron chi connectivity index (χ4n) is 7.35. The Morgan fingerprint density at radius 2 is 0.959 bits per heavy atom. The van der Waals surface area contributed by atoms with E-state index in [-0.39, 0.29) is 0 Å². The SMILES string of the molecule is c1ccc(-c2ccc(N(c3ccc4c(c3)sc3ccccc34)c3cccc4c3oc3c5ccccc5c(-c5ccccc5)cc43)cc2)cc1. The van der Waals surface area contributed by atoms with Crippen LogP contribution in [0.1, 0.15) is 0 Å². The summed E-state index contributed by atoms with van der Waals surface area (Å²) in [6.07, 6.45) is 0. The van der Waals surface area contributed by atoms with Crippen molar-refractivity contribution < 1.29 is 4.42 Å². The number of anilines is 3. The molecule has 0 aliphatic carbocycles. The molecule has 0 aliphatic rings. The summed E-state index contributed by atoms with van der Waals surface area (Å²) in [4.78, 5) is 2.35. The van der Waals surface area contributed by atoms with E-state index in [1.54, 1.807) is 0 Å². The van der Waals surface area contributed by atoms with Crippen LogP contribution >= 0.6 is 11.3 Å². The monoisotopic (exact) mass is 643 g/mol. The Morgan fingerprint density at radius 1 is 0.367 bits per heavy atom. The molecule has 0 spiro atoms. The van der Waals surface area contributed by atoms with Crippen LogP contribution in [-0.4, -0.2) is 0 Å². The van der Waals surface area contributed by atoms with Crippen molar-refractivity contribution >= 4 is 81.3 Å². The van der Waals surface area contributed by atoms with Gasteiger partial charge >= 0.3 is 0 Å². The Balaban J connectivity index is 1.22. The van der Waals surface area contributed by atoms with E-state index < -0.39 is 0 Å². The molecule has 0 saturated heterocycles. The molecule has 2 aromatic heterocycles. The summed E-state index contributed by atoms with van der Waals surface area (Å²) in [6, 6.07) is 63.1. The third-order valence-corrected chi connectivity index (χ3v) is 10.8. The zero-order valence-electron chi connectivity index (χ0n) is 26.5. The van der Waals surface area contributed by atoms with Crippen molar-refractivity contribution in [1.82, 2.24) is 0 Å². The fourth-order valence-corrected chi connectivity index (χ4v) is 8.49. The van der Waals surface area contributed by atoms with E-state index in [9.17, 15) is 0 Å². The van der Waals surface area contributed by atoms with Crippen LogP contribution < -0.4 is 4.90 Å². The van der Waals surface area contributed by atoms with E-state index in [2.05, 4.69) is 181 Å². The average Bonchev–Trinajstić information content (AvgIpc) is 3.74. The number of nitrogens with zero attached hydrogens (tertiary/aromatic N) is 1. The molecule has 3 heteroatoms. The maximum absolute atomic E-state index is 7.00. The van der Waals surface area contributed by atoms with Crippen molar-refractivity contribution in [1.29, 1.82) is 0 Å². The van der Waals surface area contributed by atoms with Gasteiger partial charge in [-0.05, 0) is 70.1 Å². The summed E-state index contributed by atoms with van der Waals surface area (Å²) < 4.78 is 9.56. The smallest absolute Gasteiger partial charge is 0.159 e. The highest BCUT2D eigenvalue weighted by Gasteiger charge is 2.22. The highest BCUT2D eigenvalue weighted by molar-refractivity contribution is 7.25. The van der Waals surface area contributed by atoms with Gasteiger partial charge in [0.1, 0.15) is 5.58 Å². The highest BCUT2D eigenvalue weighted by atomic mass is 32.1. The minimum atomic E-state index is 0.872. The number of benzene rings is 8. The predicted molar refractivity (Wildman–Crippen MR) is 210 cm³/mol. The van der Waals surface area contributed by atoms with Crippen molar-refractivity contribution in [2.75, 3.05) is 4.90 Å². The lowest BCUT2D eigenvalue weighted by atomic mass is 9.95. The molecule has 10 rings (SSSR count). The first-order valence-electron chi connectivity index (χ1n) is 16.6.